The van der Waals surface area contributed by atoms with Gasteiger partial charge in [0.25, 0.3) is 5.91 Å². The molecule has 2 aliphatic rings. The van der Waals surface area contributed by atoms with Gasteiger partial charge in [-0.15, -0.1) is 0 Å². The Labute approximate surface area is 265 Å². The summed E-state index contributed by atoms with van der Waals surface area (Å²) in [5.41, 5.74) is 6.99. The number of aryl methyl sites for hydroxylation is 2. The lowest BCUT2D eigenvalue weighted by Crippen LogP contribution is -2.38. The molecule has 0 bridgehead atoms. The van der Waals surface area contributed by atoms with E-state index in [2.05, 4.69) is 62.1 Å². The molecule has 6 heterocycles. The van der Waals surface area contributed by atoms with Gasteiger partial charge in [-0.1, -0.05) is 18.2 Å². The van der Waals surface area contributed by atoms with Gasteiger partial charge in [-0.3, -0.25) is 28.7 Å². The number of carbonyl (C=O) groups excluding carboxylic acids is 1. The van der Waals surface area contributed by atoms with Crippen molar-refractivity contribution in [3.63, 3.8) is 0 Å². The number of aromatic nitrogens is 8. The van der Waals surface area contributed by atoms with E-state index in [1.54, 1.807) is 10.8 Å². The van der Waals surface area contributed by atoms with Crippen molar-refractivity contribution < 1.29 is 4.79 Å². The Balaban J connectivity index is 1.06. The second kappa shape index (κ2) is 11.4. The molecule has 12 heteroatoms. The van der Waals surface area contributed by atoms with Crippen LogP contribution in [-0.4, -0.2) is 69.5 Å². The zero-order valence-electron chi connectivity index (χ0n) is 25.9. The van der Waals surface area contributed by atoms with E-state index in [1.807, 2.05) is 46.6 Å². The minimum Gasteiger partial charge on any atom is -0.336 e. The molecule has 0 radical (unpaired) electrons. The number of aromatic amines is 1. The fourth-order valence-electron chi connectivity index (χ4n) is 7.32. The second-order valence-electron chi connectivity index (χ2n) is 12.6. The molecule has 6 aromatic rings. The van der Waals surface area contributed by atoms with Crippen molar-refractivity contribution in [2.24, 2.45) is 14.1 Å². The SMILES string of the molecule is Cn1cc(C2CCC(c3ccc4ncc5c(c4c3)n(-c3ccc(C4CCN(C(=O)c6ncn[nH]6)CC4)cc3)c(=O)n5C)CN2)cn1. The average molecular weight is 617 g/mol. The molecule has 0 saturated carbocycles. The van der Waals surface area contributed by atoms with Gasteiger partial charge in [-0.2, -0.15) is 10.2 Å². The van der Waals surface area contributed by atoms with Crippen LogP contribution in [0.3, 0.4) is 0 Å². The number of nitrogens with zero attached hydrogens (tertiary/aromatic N) is 8. The van der Waals surface area contributed by atoms with Crippen molar-refractivity contribution in [1.82, 2.24) is 49.3 Å². The standard InChI is InChI=1S/C34H36N10O2/c1-41-19-25(17-39-41)28-9-6-24(16-35-28)23-5-10-29-27(15-23)31-30(18-36-29)42(2)34(46)44(31)26-7-3-21(4-8-26)22-11-13-43(14-12-22)33(45)32-37-20-38-40-32/h3-5,7-8,10,15,17-20,22,24,28,35H,6,9,11-14,16H2,1-2H3,(H,37,38,40). The van der Waals surface area contributed by atoms with Gasteiger partial charge in [0.15, 0.2) is 0 Å². The number of benzene rings is 2. The van der Waals surface area contributed by atoms with Gasteiger partial charge in [0.2, 0.25) is 5.82 Å². The highest BCUT2D eigenvalue weighted by atomic mass is 16.2. The van der Waals surface area contributed by atoms with E-state index in [0.717, 1.165) is 59.9 Å². The van der Waals surface area contributed by atoms with Crippen molar-refractivity contribution >= 4 is 27.8 Å². The molecule has 2 N–H and O–H groups in total. The number of rotatable bonds is 5. The van der Waals surface area contributed by atoms with Gasteiger partial charge in [0, 0.05) is 56.9 Å². The number of pyridine rings is 1. The normalized spacial score (nSPS) is 19.3. The van der Waals surface area contributed by atoms with Crippen LogP contribution >= 0.6 is 0 Å². The van der Waals surface area contributed by atoms with Crippen molar-refractivity contribution in [2.45, 2.75) is 43.6 Å². The molecule has 2 fully saturated rings. The lowest BCUT2D eigenvalue weighted by molar-refractivity contribution is 0.0701. The highest BCUT2D eigenvalue weighted by Crippen LogP contribution is 2.35. The molecule has 46 heavy (non-hydrogen) atoms. The Hall–Kier alpha value is -5.10. The van der Waals surface area contributed by atoms with Crippen molar-refractivity contribution in [3.8, 4) is 5.69 Å². The van der Waals surface area contributed by atoms with Crippen LogP contribution in [0.5, 0.6) is 0 Å². The number of piperidine rings is 2. The van der Waals surface area contributed by atoms with Crippen LogP contribution in [0.2, 0.25) is 0 Å². The number of hydrogen-bond donors (Lipinski definition) is 2. The predicted molar refractivity (Wildman–Crippen MR) is 174 cm³/mol. The first-order valence-corrected chi connectivity index (χ1v) is 15.9. The van der Waals surface area contributed by atoms with Crippen molar-refractivity contribution in [1.29, 1.82) is 0 Å². The molecule has 8 rings (SSSR count). The molecule has 2 atom stereocenters. The number of likely N-dealkylation sites (tertiary alicyclic amines) is 1. The Morgan fingerprint density at radius 2 is 1.70 bits per heavy atom. The Bertz CT molecular complexity index is 2090. The average Bonchev–Trinajstić information content (AvgIpc) is 3.85. The summed E-state index contributed by atoms with van der Waals surface area (Å²) in [6, 6.07) is 15.2. The van der Waals surface area contributed by atoms with Crippen molar-refractivity contribution in [3.05, 3.63) is 100 Å². The van der Waals surface area contributed by atoms with E-state index in [4.69, 9.17) is 4.98 Å². The Morgan fingerprint density at radius 3 is 2.39 bits per heavy atom. The van der Waals surface area contributed by atoms with Crippen LogP contribution in [0.25, 0.3) is 27.6 Å². The summed E-state index contributed by atoms with van der Waals surface area (Å²) in [6.07, 6.45) is 11.0. The van der Waals surface area contributed by atoms with Crippen LogP contribution in [0.15, 0.2) is 72.2 Å². The van der Waals surface area contributed by atoms with Crippen molar-refractivity contribution in [2.75, 3.05) is 19.6 Å². The first-order chi connectivity index (χ1) is 22.4. The summed E-state index contributed by atoms with van der Waals surface area (Å²) in [4.78, 5) is 36.9. The zero-order chi connectivity index (χ0) is 31.4. The van der Waals surface area contributed by atoms with Gasteiger partial charge >= 0.3 is 5.69 Å². The molecule has 12 nitrogen and oxygen atoms in total. The molecule has 2 saturated heterocycles. The summed E-state index contributed by atoms with van der Waals surface area (Å²) in [6.45, 7) is 2.21. The van der Waals surface area contributed by atoms with E-state index in [9.17, 15) is 9.59 Å². The van der Waals surface area contributed by atoms with E-state index in [1.165, 1.54) is 23.0 Å². The van der Waals surface area contributed by atoms with Crippen LogP contribution in [0, 0.1) is 0 Å². The molecule has 234 valence electrons. The summed E-state index contributed by atoms with van der Waals surface area (Å²) < 4.78 is 5.36. The molecular formula is C34H36N10O2. The third kappa shape index (κ3) is 4.89. The smallest absolute Gasteiger partial charge is 0.333 e. The van der Waals surface area contributed by atoms with E-state index < -0.39 is 0 Å². The number of fused-ring (bicyclic) bond motifs is 3. The third-order valence-electron chi connectivity index (χ3n) is 9.94. The monoisotopic (exact) mass is 616 g/mol. The lowest BCUT2D eigenvalue weighted by atomic mass is 9.86. The molecule has 2 aromatic carbocycles. The van der Waals surface area contributed by atoms with Crippen LogP contribution in [0.1, 0.15) is 70.9 Å². The topological polar surface area (TPSA) is 132 Å². The fraction of sp³-hybridized carbons (Fsp3) is 0.353. The van der Waals surface area contributed by atoms with Crippen LogP contribution in [-0.2, 0) is 14.1 Å². The van der Waals surface area contributed by atoms with Gasteiger partial charge in [-0.25, -0.2) is 9.78 Å². The Kier molecular flexibility index (Phi) is 7.01. The summed E-state index contributed by atoms with van der Waals surface area (Å²) >= 11 is 0. The number of carbonyl (C=O) groups is 1. The maximum Gasteiger partial charge on any atom is 0.333 e. The largest absolute Gasteiger partial charge is 0.336 e. The highest BCUT2D eigenvalue weighted by Gasteiger charge is 2.27. The molecule has 1 amide bonds. The highest BCUT2D eigenvalue weighted by molar-refractivity contribution is 6.03. The fourth-order valence-corrected chi connectivity index (χ4v) is 7.32. The van der Waals surface area contributed by atoms with E-state index >= 15 is 0 Å². The van der Waals surface area contributed by atoms with Gasteiger partial charge in [0.05, 0.1) is 34.6 Å². The Morgan fingerprint density at radius 1 is 0.891 bits per heavy atom. The first kappa shape index (κ1) is 28.4. The lowest BCUT2D eigenvalue weighted by Gasteiger charge is -2.31. The quantitative estimate of drug-likeness (QED) is 0.300. The number of H-pyrrole nitrogens is 1. The number of imidazole rings is 1. The van der Waals surface area contributed by atoms with Crippen LogP contribution in [0.4, 0.5) is 0 Å². The molecule has 4 aromatic heterocycles. The summed E-state index contributed by atoms with van der Waals surface area (Å²) in [5.74, 6) is 0.878. The molecular weight excluding hydrogens is 580 g/mol. The minimum atomic E-state index is -0.111. The number of amides is 1. The first-order valence-electron chi connectivity index (χ1n) is 15.9. The summed E-state index contributed by atoms with van der Waals surface area (Å²) in [7, 11) is 3.76. The third-order valence-corrected chi connectivity index (χ3v) is 9.94. The molecule has 0 spiro atoms. The minimum absolute atomic E-state index is 0.0969. The van der Waals surface area contributed by atoms with Gasteiger partial charge in [0.1, 0.15) is 6.33 Å². The van der Waals surface area contributed by atoms with Crippen LogP contribution < -0.4 is 11.0 Å². The summed E-state index contributed by atoms with van der Waals surface area (Å²) in [5, 5.41) is 15.5. The zero-order valence-corrected chi connectivity index (χ0v) is 25.9. The maximum absolute atomic E-state index is 13.7. The van der Waals surface area contributed by atoms with Gasteiger partial charge < -0.3 is 10.2 Å². The number of nitrogens with one attached hydrogen (secondary N) is 2. The van der Waals surface area contributed by atoms with Gasteiger partial charge in [-0.05, 0) is 72.9 Å². The number of hydrogen-bond acceptors (Lipinski definition) is 7. The maximum atomic E-state index is 13.7. The predicted octanol–water partition coefficient (Wildman–Crippen LogP) is 3.96. The van der Waals surface area contributed by atoms with E-state index in [0.29, 0.717) is 31.0 Å². The molecule has 0 aliphatic carbocycles. The molecule has 2 aliphatic heterocycles. The van der Waals surface area contributed by atoms with E-state index in [-0.39, 0.29) is 17.4 Å². The second-order valence-corrected chi connectivity index (χ2v) is 12.6. The molecule has 2 unspecified atom stereocenters.